The van der Waals surface area contributed by atoms with Crippen LogP contribution in [0.1, 0.15) is 67.4 Å². The van der Waals surface area contributed by atoms with Crippen LogP contribution in [0.5, 0.6) is 5.75 Å². The minimum absolute atomic E-state index is 0.0266. The Bertz CT molecular complexity index is 1660. The molecule has 0 saturated carbocycles. The maximum absolute atomic E-state index is 13.9. The first kappa shape index (κ1) is 34.4. The summed E-state index contributed by atoms with van der Waals surface area (Å²) in [5.41, 5.74) is -1.19. The second kappa shape index (κ2) is 14.3. The molecule has 4 rings (SSSR count). The van der Waals surface area contributed by atoms with E-state index in [4.69, 9.17) is 4.74 Å². The zero-order chi connectivity index (χ0) is 33.6. The standard InChI is InChI=1S/C30H33F3N4O8S/c1-2-3-4-5-9-23(36-17-26(34-18-36)35-27(38)22-8-6-7-10-25(22)46(42,43)44)28(39)37-16-21(15-24(37)29(40)41)45-20-13-11-19(12-14-20)30(31,32)33/h6-8,10-14,17-18,21,23-24H,2-5,9,15-16H2,1H3,(H,35,38)(H,40,41)(H,42,43,44)/t21-,23+,24-/m0/s1. The molecule has 3 atom stereocenters. The van der Waals surface area contributed by atoms with Gasteiger partial charge in [-0.15, -0.1) is 0 Å². The molecule has 2 amide bonds. The molecule has 12 nitrogen and oxygen atoms in total. The van der Waals surface area contributed by atoms with Crippen LogP contribution in [0.4, 0.5) is 19.0 Å². The van der Waals surface area contributed by atoms with Gasteiger partial charge in [-0.25, -0.2) is 9.78 Å². The number of ether oxygens (including phenoxy) is 1. The molecule has 0 unspecified atom stereocenters. The number of aromatic nitrogens is 2. The van der Waals surface area contributed by atoms with E-state index in [1.165, 1.54) is 40.2 Å². The highest BCUT2D eigenvalue weighted by molar-refractivity contribution is 7.86. The first-order valence-electron chi connectivity index (χ1n) is 14.5. The number of nitrogens with one attached hydrogen (secondary N) is 1. The Balaban J connectivity index is 1.54. The van der Waals surface area contributed by atoms with E-state index < -0.39 is 62.7 Å². The fourth-order valence-electron chi connectivity index (χ4n) is 5.27. The number of likely N-dealkylation sites (tertiary alicyclic amines) is 1. The van der Waals surface area contributed by atoms with Crippen LogP contribution in [-0.4, -0.2) is 69.0 Å². The molecule has 16 heteroatoms. The Morgan fingerprint density at radius 1 is 1.09 bits per heavy atom. The van der Waals surface area contributed by atoms with Gasteiger partial charge in [0, 0.05) is 12.6 Å². The number of imidazole rings is 1. The predicted molar refractivity (Wildman–Crippen MR) is 158 cm³/mol. The molecule has 3 N–H and O–H groups in total. The van der Waals surface area contributed by atoms with E-state index in [0.717, 1.165) is 49.6 Å². The minimum atomic E-state index is -4.70. The third-order valence-electron chi connectivity index (χ3n) is 7.54. The van der Waals surface area contributed by atoms with Crippen LogP contribution >= 0.6 is 0 Å². The van der Waals surface area contributed by atoms with E-state index in [2.05, 4.69) is 10.3 Å². The first-order chi connectivity index (χ1) is 21.7. The van der Waals surface area contributed by atoms with Gasteiger partial charge in [-0.2, -0.15) is 21.6 Å². The molecule has 1 fully saturated rings. The highest BCUT2D eigenvalue weighted by Crippen LogP contribution is 2.32. The highest BCUT2D eigenvalue weighted by atomic mass is 32.2. The van der Waals surface area contributed by atoms with Gasteiger partial charge in [0.15, 0.2) is 5.82 Å². The van der Waals surface area contributed by atoms with Gasteiger partial charge >= 0.3 is 12.1 Å². The number of hydrogen-bond acceptors (Lipinski definition) is 7. The molecule has 0 radical (unpaired) electrons. The third-order valence-corrected chi connectivity index (χ3v) is 8.46. The van der Waals surface area contributed by atoms with Crippen molar-refractivity contribution in [3.63, 3.8) is 0 Å². The lowest BCUT2D eigenvalue weighted by Gasteiger charge is -2.27. The van der Waals surface area contributed by atoms with E-state index in [0.29, 0.717) is 12.8 Å². The summed E-state index contributed by atoms with van der Waals surface area (Å²) in [4.78, 5) is 43.7. The number of alkyl halides is 3. The molecule has 248 valence electrons. The summed E-state index contributed by atoms with van der Waals surface area (Å²) in [5.74, 6) is -2.63. The van der Waals surface area contributed by atoms with Gasteiger partial charge < -0.3 is 24.6 Å². The quantitative estimate of drug-likeness (QED) is 0.167. The van der Waals surface area contributed by atoms with E-state index in [-0.39, 0.29) is 30.1 Å². The average molecular weight is 667 g/mol. The van der Waals surface area contributed by atoms with Gasteiger partial charge in [-0.1, -0.05) is 44.7 Å². The topological polar surface area (TPSA) is 168 Å². The van der Waals surface area contributed by atoms with E-state index >= 15 is 0 Å². The summed E-state index contributed by atoms with van der Waals surface area (Å²) in [5, 5.41) is 12.4. The third kappa shape index (κ3) is 8.42. The first-order valence-corrected chi connectivity index (χ1v) is 15.9. The summed E-state index contributed by atoms with van der Waals surface area (Å²) in [6.07, 6.45) is 0.775. The molecular weight excluding hydrogens is 633 g/mol. The zero-order valence-corrected chi connectivity index (χ0v) is 25.5. The molecule has 0 bridgehead atoms. The van der Waals surface area contributed by atoms with Crippen LogP contribution in [0, 0.1) is 0 Å². The molecule has 2 heterocycles. The van der Waals surface area contributed by atoms with Gasteiger partial charge in [0.1, 0.15) is 28.8 Å². The molecule has 0 aliphatic carbocycles. The lowest BCUT2D eigenvalue weighted by atomic mass is 10.1. The molecule has 0 spiro atoms. The number of hydrogen-bond donors (Lipinski definition) is 3. The predicted octanol–water partition coefficient (Wildman–Crippen LogP) is 5.05. The molecule has 1 aliphatic heterocycles. The van der Waals surface area contributed by atoms with Crippen LogP contribution in [0.2, 0.25) is 0 Å². The second-order valence-electron chi connectivity index (χ2n) is 10.8. The lowest BCUT2D eigenvalue weighted by Crippen LogP contribution is -2.44. The van der Waals surface area contributed by atoms with Crippen molar-refractivity contribution in [2.75, 3.05) is 11.9 Å². The lowest BCUT2D eigenvalue weighted by molar-refractivity contribution is -0.149. The smallest absolute Gasteiger partial charge is 0.416 e. The monoisotopic (exact) mass is 666 g/mol. The molecule has 46 heavy (non-hydrogen) atoms. The van der Waals surface area contributed by atoms with Crippen LogP contribution in [0.3, 0.4) is 0 Å². The summed E-state index contributed by atoms with van der Waals surface area (Å²) in [6.45, 7) is 1.89. The van der Waals surface area contributed by atoms with E-state index in [1.54, 1.807) is 0 Å². The maximum atomic E-state index is 13.9. The molecule has 1 aromatic heterocycles. The number of amides is 2. The zero-order valence-electron chi connectivity index (χ0n) is 24.7. The maximum Gasteiger partial charge on any atom is 0.416 e. The number of unbranched alkanes of at least 4 members (excludes halogenated alkanes) is 3. The van der Waals surface area contributed by atoms with Crippen molar-refractivity contribution in [3.8, 4) is 5.75 Å². The highest BCUT2D eigenvalue weighted by Gasteiger charge is 2.43. The normalized spacial score (nSPS) is 17.5. The number of rotatable bonds is 13. The van der Waals surface area contributed by atoms with Gasteiger partial charge in [0.2, 0.25) is 5.91 Å². The van der Waals surface area contributed by atoms with Gasteiger partial charge in [0.25, 0.3) is 16.0 Å². The van der Waals surface area contributed by atoms with Crippen LogP contribution in [-0.2, 0) is 25.9 Å². The molecule has 1 saturated heterocycles. The number of carbonyl (C=O) groups excluding carboxylic acids is 2. The van der Waals surface area contributed by atoms with E-state index in [1.807, 2.05) is 6.92 Å². The number of carboxylic acid groups (broad SMARTS) is 1. The molecule has 3 aromatic rings. The number of carbonyl (C=O) groups is 3. The summed E-state index contributed by atoms with van der Waals surface area (Å²) in [7, 11) is -4.70. The summed E-state index contributed by atoms with van der Waals surface area (Å²) >= 11 is 0. The minimum Gasteiger partial charge on any atom is -0.488 e. The Labute approximate surface area is 262 Å². The van der Waals surface area contributed by atoms with Crippen molar-refractivity contribution in [2.24, 2.45) is 0 Å². The number of nitrogens with zero attached hydrogens (tertiary/aromatic N) is 3. The SMILES string of the molecule is CCCCCC[C@H](C(=O)N1C[C@@H](Oc2ccc(C(F)(F)F)cc2)C[C@H]1C(=O)O)n1cnc(NC(=O)c2ccccc2S(=O)(=O)O)c1. The number of aliphatic carboxylic acids is 1. The van der Waals surface area contributed by atoms with Gasteiger partial charge in [0.05, 0.1) is 24.0 Å². The van der Waals surface area contributed by atoms with Crippen molar-refractivity contribution >= 4 is 33.7 Å². The fraction of sp³-hybridized carbons (Fsp3) is 0.400. The molecular formula is C30H33F3N4O8S. The number of carboxylic acids is 1. The fourth-order valence-corrected chi connectivity index (χ4v) is 5.96. The number of halogens is 3. The van der Waals surface area contributed by atoms with Crippen LogP contribution in [0.15, 0.2) is 66.0 Å². The van der Waals surface area contributed by atoms with Gasteiger partial charge in [-0.05, 0) is 42.8 Å². The number of anilines is 1. The average Bonchev–Trinajstić information content (AvgIpc) is 3.64. The molecule has 2 aromatic carbocycles. The van der Waals surface area contributed by atoms with Crippen molar-refractivity contribution < 1.29 is 50.4 Å². The van der Waals surface area contributed by atoms with E-state index in [9.17, 15) is 45.6 Å². The van der Waals surface area contributed by atoms with Crippen molar-refractivity contribution in [3.05, 3.63) is 72.2 Å². The Kier molecular flexibility index (Phi) is 10.7. The Hall–Kier alpha value is -4.44. The number of benzene rings is 2. The summed E-state index contributed by atoms with van der Waals surface area (Å²) < 4.78 is 79.0. The van der Waals surface area contributed by atoms with Crippen molar-refractivity contribution in [1.29, 1.82) is 0 Å². The second-order valence-corrected chi connectivity index (χ2v) is 12.2. The Morgan fingerprint density at radius 2 is 1.78 bits per heavy atom. The largest absolute Gasteiger partial charge is 0.488 e. The van der Waals surface area contributed by atoms with Gasteiger partial charge in [-0.3, -0.25) is 14.1 Å². The molecule has 1 aliphatic rings. The van der Waals surface area contributed by atoms with Crippen molar-refractivity contribution in [1.82, 2.24) is 14.5 Å². The van der Waals surface area contributed by atoms with Crippen LogP contribution in [0.25, 0.3) is 0 Å². The Morgan fingerprint density at radius 3 is 2.41 bits per heavy atom. The van der Waals surface area contributed by atoms with Crippen molar-refractivity contribution in [2.45, 2.75) is 74.7 Å². The van der Waals surface area contributed by atoms with Crippen LogP contribution < -0.4 is 10.1 Å². The summed E-state index contributed by atoms with van der Waals surface area (Å²) in [6, 6.07) is 6.81.